The van der Waals surface area contributed by atoms with E-state index in [1.165, 1.54) is 36.7 Å². The number of ether oxygens (including phenoxy) is 2. The highest BCUT2D eigenvalue weighted by Gasteiger charge is 2.48. The fraction of sp³-hybridized carbons (Fsp3) is 0.387. The molecule has 6 rings (SSSR count). The number of imidazole rings is 1. The molecule has 10 nitrogen and oxygen atoms in total. The minimum Gasteiger partial charge on any atom is -0.444 e. The number of alkyl carbamates (subject to hydrolysis) is 1. The monoisotopic (exact) mass is 638 g/mol. The van der Waals surface area contributed by atoms with Crippen molar-refractivity contribution in [2.75, 3.05) is 0 Å². The van der Waals surface area contributed by atoms with E-state index in [1.54, 1.807) is 45.3 Å². The Kier molecular flexibility index (Phi) is 7.63. The largest absolute Gasteiger partial charge is 0.444 e. The zero-order chi connectivity index (χ0) is 34.2. The number of halogens is 3. The Hall–Kier alpha value is -4.49. The van der Waals surface area contributed by atoms with E-state index in [0.29, 0.717) is 16.9 Å². The summed E-state index contributed by atoms with van der Waals surface area (Å²) in [5.41, 5.74) is -0.417. The van der Waals surface area contributed by atoms with Gasteiger partial charge >= 0.3 is 12.7 Å². The third-order valence-electron chi connectivity index (χ3n) is 7.99. The van der Waals surface area contributed by atoms with Gasteiger partial charge in [0.25, 0.3) is 5.91 Å². The molecule has 2 bridgehead atoms. The molecule has 0 fully saturated rings. The number of alkyl halides is 2. The van der Waals surface area contributed by atoms with Crippen LogP contribution in [0.25, 0.3) is 22.2 Å². The van der Waals surface area contributed by atoms with E-state index in [9.17, 15) is 18.4 Å². The van der Waals surface area contributed by atoms with E-state index < -0.39 is 52.9 Å². The number of amides is 2. The standard InChI is InChI=1S/C31H28B3F3N6O4/c1-29(2,3)47-28(45)41-30(4,5)26-38-12-14(13-39-26)16-9-19-18(10-17(16)35)40-24-21-11-20(42(19)24)23-15(25(44)43(21)31(32,33)34)7-6-8-22(23)46-27(36)37/h6-10,12-13,20-21,27H,11H2,1-5H3,(H,41,45)/t20-,21-/m1/s1. The number of benzene rings is 2. The number of hydrogen-bond acceptors (Lipinski definition) is 7. The molecule has 4 aromatic rings. The lowest BCUT2D eigenvalue weighted by Crippen LogP contribution is -2.54. The van der Waals surface area contributed by atoms with Crippen LogP contribution in [0.1, 0.15) is 80.7 Å². The molecular weight excluding hydrogens is 610 g/mol. The summed E-state index contributed by atoms with van der Waals surface area (Å²) in [5.74, 6) is -0.992. The lowest BCUT2D eigenvalue weighted by Gasteiger charge is -2.41. The first-order valence-electron chi connectivity index (χ1n) is 14.7. The molecule has 0 spiro atoms. The van der Waals surface area contributed by atoms with Gasteiger partial charge in [-0.3, -0.25) is 4.79 Å². The molecule has 0 saturated carbocycles. The van der Waals surface area contributed by atoms with Crippen LogP contribution in [0.15, 0.2) is 42.7 Å². The summed E-state index contributed by atoms with van der Waals surface area (Å²) >= 11 is 0. The summed E-state index contributed by atoms with van der Waals surface area (Å²) in [6.07, 6.45) is 2.33. The summed E-state index contributed by atoms with van der Waals surface area (Å²) in [4.78, 5) is 40.6. The number of nitrogens with one attached hydrogen (secondary N) is 1. The maximum Gasteiger partial charge on any atom is 0.408 e. The third-order valence-corrected chi connectivity index (χ3v) is 7.99. The third kappa shape index (κ3) is 5.82. The van der Waals surface area contributed by atoms with Crippen molar-refractivity contribution in [3.8, 4) is 16.9 Å². The Morgan fingerprint density at radius 2 is 1.72 bits per heavy atom. The smallest absolute Gasteiger partial charge is 0.408 e. The Balaban J connectivity index is 1.45. The Labute approximate surface area is 272 Å². The zero-order valence-electron chi connectivity index (χ0n) is 26.2. The second-order valence-corrected chi connectivity index (χ2v) is 13.1. The molecule has 6 radical (unpaired) electrons. The number of aromatic nitrogens is 4. The van der Waals surface area contributed by atoms with Gasteiger partial charge in [0.05, 0.1) is 52.2 Å². The van der Waals surface area contributed by atoms with Crippen molar-refractivity contribution in [3.05, 3.63) is 71.3 Å². The van der Waals surface area contributed by atoms with Gasteiger partial charge in [-0.1, -0.05) is 11.3 Å². The number of rotatable bonds is 6. The van der Waals surface area contributed by atoms with Crippen LogP contribution >= 0.6 is 0 Å². The van der Waals surface area contributed by atoms with E-state index >= 15 is 4.39 Å². The van der Waals surface area contributed by atoms with Crippen molar-refractivity contribution < 1.29 is 32.2 Å². The Morgan fingerprint density at radius 1 is 1.04 bits per heavy atom. The molecule has 2 amide bonds. The van der Waals surface area contributed by atoms with Crippen LogP contribution in [-0.2, 0) is 10.3 Å². The first-order valence-corrected chi connectivity index (χ1v) is 14.7. The van der Waals surface area contributed by atoms with Crippen LogP contribution < -0.4 is 10.1 Å². The van der Waals surface area contributed by atoms with E-state index in [2.05, 4.69) is 20.3 Å². The molecular formula is C31H28B3F3N6O4. The fourth-order valence-electron chi connectivity index (χ4n) is 6.20. The topological polar surface area (TPSA) is 111 Å². The molecule has 4 heterocycles. The maximum absolute atomic E-state index is 15.7. The fourth-order valence-corrected chi connectivity index (χ4v) is 6.20. The Morgan fingerprint density at radius 3 is 2.34 bits per heavy atom. The number of carbonyl (C=O) groups is 2. The molecule has 16 heteroatoms. The predicted molar refractivity (Wildman–Crippen MR) is 168 cm³/mol. The molecule has 0 unspecified atom stereocenters. The van der Waals surface area contributed by atoms with Crippen molar-refractivity contribution >= 4 is 46.6 Å². The van der Waals surface area contributed by atoms with Crippen molar-refractivity contribution in [2.24, 2.45) is 0 Å². The molecule has 2 aliphatic heterocycles. The van der Waals surface area contributed by atoms with Crippen molar-refractivity contribution in [1.82, 2.24) is 29.7 Å². The van der Waals surface area contributed by atoms with Gasteiger partial charge in [0, 0.05) is 47.1 Å². The van der Waals surface area contributed by atoms with Gasteiger partial charge in [0.1, 0.15) is 23.0 Å². The first kappa shape index (κ1) is 32.5. The number of carbonyl (C=O) groups excluding carboxylic acids is 2. The molecule has 236 valence electrons. The van der Waals surface area contributed by atoms with Crippen molar-refractivity contribution in [2.45, 2.75) is 76.1 Å². The average Bonchev–Trinajstić information content (AvgIpc) is 3.42. The molecule has 1 N–H and O–H groups in total. The first-order chi connectivity index (χ1) is 21.9. The van der Waals surface area contributed by atoms with Gasteiger partial charge in [-0.05, 0) is 52.8 Å². The molecule has 0 aliphatic carbocycles. The average molecular weight is 638 g/mol. The zero-order valence-corrected chi connectivity index (χ0v) is 26.2. The van der Waals surface area contributed by atoms with Gasteiger partial charge in [-0.2, -0.15) is 8.78 Å². The summed E-state index contributed by atoms with van der Waals surface area (Å²) in [7, 11) is 18.2. The van der Waals surface area contributed by atoms with Crippen LogP contribution in [0.3, 0.4) is 0 Å². The lowest BCUT2D eigenvalue weighted by molar-refractivity contribution is -0.0507. The highest BCUT2D eigenvalue weighted by molar-refractivity contribution is 6.60. The molecule has 2 atom stereocenters. The van der Waals surface area contributed by atoms with Gasteiger partial charge in [-0.25, -0.2) is 24.1 Å². The van der Waals surface area contributed by atoms with Crippen LogP contribution in [0.5, 0.6) is 5.75 Å². The minimum atomic E-state index is -3.17. The predicted octanol–water partition coefficient (Wildman–Crippen LogP) is 4.60. The molecule has 0 saturated heterocycles. The molecule has 2 aliphatic rings. The SMILES string of the molecule is [B]C([B])([B])N1C(=O)c2cccc(OC(F)F)c2[C@H]2C[C@@H]1c1nc3cc(F)c(-c4cnc(C(C)(C)NC(=O)OC(C)(C)C)nc4)cc3n12. The molecule has 47 heavy (non-hydrogen) atoms. The van der Waals surface area contributed by atoms with E-state index in [0.717, 1.165) is 4.90 Å². The normalized spacial score (nSPS) is 17.8. The Bertz CT molecular complexity index is 1910. The summed E-state index contributed by atoms with van der Waals surface area (Å²) in [5, 5.41) is 0.583. The number of nitrogens with zero attached hydrogens (tertiary/aromatic N) is 5. The summed E-state index contributed by atoms with van der Waals surface area (Å²) < 4.78 is 54.6. The summed E-state index contributed by atoms with van der Waals surface area (Å²) in [6.45, 7) is 5.46. The highest BCUT2D eigenvalue weighted by Crippen LogP contribution is 2.51. The maximum atomic E-state index is 15.7. The summed E-state index contributed by atoms with van der Waals surface area (Å²) in [6, 6.07) is 5.34. The van der Waals surface area contributed by atoms with Crippen LogP contribution in [-0.4, -0.2) is 77.4 Å². The van der Waals surface area contributed by atoms with E-state index in [1.807, 2.05) is 0 Å². The number of fused-ring (bicyclic) bond motifs is 9. The van der Waals surface area contributed by atoms with Crippen LogP contribution in [0.2, 0.25) is 0 Å². The van der Waals surface area contributed by atoms with Gasteiger partial charge in [-0.15, -0.1) is 0 Å². The minimum absolute atomic E-state index is 0.0304. The molecule has 2 aromatic heterocycles. The quantitative estimate of drug-likeness (QED) is 0.308. The van der Waals surface area contributed by atoms with Crippen LogP contribution in [0.4, 0.5) is 18.0 Å². The van der Waals surface area contributed by atoms with Gasteiger partial charge in [0.2, 0.25) is 0 Å². The highest BCUT2D eigenvalue weighted by atomic mass is 19.3. The molecule has 2 aromatic carbocycles. The van der Waals surface area contributed by atoms with Gasteiger partial charge < -0.3 is 24.3 Å². The van der Waals surface area contributed by atoms with E-state index in [-0.39, 0.29) is 40.2 Å². The van der Waals surface area contributed by atoms with Crippen molar-refractivity contribution in [1.29, 1.82) is 0 Å². The number of hydrogen-bond donors (Lipinski definition) is 1. The van der Waals surface area contributed by atoms with E-state index in [4.69, 9.17) is 33.0 Å². The van der Waals surface area contributed by atoms with Crippen LogP contribution in [0, 0.1) is 5.82 Å². The lowest BCUT2D eigenvalue weighted by atomic mass is 9.48. The second-order valence-electron chi connectivity index (χ2n) is 13.1. The van der Waals surface area contributed by atoms with Crippen molar-refractivity contribution in [3.63, 3.8) is 0 Å². The van der Waals surface area contributed by atoms with Gasteiger partial charge in [0.15, 0.2) is 5.82 Å². The second kappa shape index (κ2) is 11.1.